The molecular formula is C44H37N9O8. The summed E-state index contributed by atoms with van der Waals surface area (Å²) in [6.45, 7) is 1.06. The number of hydrogen-bond donors (Lipinski definition) is 3. The molecule has 5 aliphatic rings. The number of hydrogen-bond acceptors (Lipinski definition) is 12. The van der Waals surface area contributed by atoms with Gasteiger partial charge in [-0.25, -0.2) is 4.68 Å². The number of aromatic nitrogens is 4. The van der Waals surface area contributed by atoms with Gasteiger partial charge in [0, 0.05) is 35.8 Å². The number of rotatable bonds is 12. The third kappa shape index (κ3) is 6.53. The van der Waals surface area contributed by atoms with Crippen LogP contribution in [0.2, 0.25) is 0 Å². The zero-order valence-electron chi connectivity index (χ0n) is 32.4. The molecule has 2 aliphatic carbocycles. The van der Waals surface area contributed by atoms with Crippen molar-refractivity contribution in [3.8, 4) is 0 Å². The largest absolute Gasteiger partial charge is 0.382 e. The summed E-state index contributed by atoms with van der Waals surface area (Å²) in [6, 6.07) is 17.7. The number of benzene rings is 3. The molecular weight excluding hydrogens is 783 g/mol. The molecule has 10 rings (SSSR count). The van der Waals surface area contributed by atoms with Crippen molar-refractivity contribution in [2.24, 2.45) is 23.7 Å². The summed E-state index contributed by atoms with van der Waals surface area (Å²) in [5, 5.41) is 17.6. The van der Waals surface area contributed by atoms with Crippen molar-refractivity contribution in [2.75, 3.05) is 28.7 Å². The maximum absolute atomic E-state index is 13.4. The minimum Gasteiger partial charge on any atom is -0.382 e. The Labute approximate surface area is 347 Å². The molecule has 17 nitrogen and oxygen atoms in total. The molecule has 61 heavy (non-hydrogen) atoms. The molecule has 7 amide bonds. The number of amides is 7. The van der Waals surface area contributed by atoms with E-state index in [2.05, 4.69) is 43.4 Å². The first-order valence-corrected chi connectivity index (χ1v) is 20.0. The topological polar surface area (TPSA) is 215 Å². The van der Waals surface area contributed by atoms with Crippen LogP contribution in [-0.2, 0) is 37.1 Å². The highest BCUT2D eigenvalue weighted by atomic mass is 16.5. The normalized spacial score (nSPS) is 22.7. The molecule has 3 N–H and O–H groups in total. The van der Waals surface area contributed by atoms with Crippen molar-refractivity contribution in [1.29, 1.82) is 0 Å². The highest BCUT2D eigenvalue weighted by molar-refractivity contribution is 6.26. The van der Waals surface area contributed by atoms with Gasteiger partial charge in [-0.05, 0) is 78.8 Å². The predicted octanol–water partition coefficient (Wildman–Crippen LogP) is 3.47. The Hall–Kier alpha value is -7.40. The van der Waals surface area contributed by atoms with Gasteiger partial charge in [0.05, 0.1) is 65.8 Å². The summed E-state index contributed by atoms with van der Waals surface area (Å²) >= 11 is 0. The van der Waals surface area contributed by atoms with Crippen molar-refractivity contribution in [3.63, 3.8) is 0 Å². The van der Waals surface area contributed by atoms with Gasteiger partial charge in [0.25, 0.3) is 17.7 Å². The lowest BCUT2D eigenvalue weighted by Crippen LogP contribution is -2.54. The van der Waals surface area contributed by atoms with E-state index >= 15 is 0 Å². The number of pyridine rings is 1. The Kier molecular flexibility index (Phi) is 9.31. The molecule has 5 heterocycles. The number of fused-ring (bicyclic) bond motifs is 7. The third-order valence-corrected chi connectivity index (χ3v) is 12.2. The minimum absolute atomic E-state index is 0.0396. The van der Waals surface area contributed by atoms with Gasteiger partial charge in [-0.1, -0.05) is 35.6 Å². The quantitative estimate of drug-likeness (QED) is 0.0938. The summed E-state index contributed by atoms with van der Waals surface area (Å²) in [7, 11) is 0. The smallest absolute Gasteiger partial charge is 0.264 e. The third-order valence-electron chi connectivity index (χ3n) is 12.2. The molecule has 3 aromatic carbocycles. The number of ether oxygens (including phenoxy) is 1. The van der Waals surface area contributed by atoms with E-state index in [-0.39, 0.29) is 78.6 Å². The van der Waals surface area contributed by atoms with Crippen LogP contribution in [0.25, 0.3) is 10.9 Å². The van der Waals surface area contributed by atoms with Crippen molar-refractivity contribution in [3.05, 3.63) is 119 Å². The maximum atomic E-state index is 13.4. The molecule has 0 radical (unpaired) electrons. The van der Waals surface area contributed by atoms with E-state index in [0.29, 0.717) is 46.9 Å². The number of piperidine rings is 1. The van der Waals surface area contributed by atoms with Crippen molar-refractivity contribution in [1.82, 2.24) is 30.2 Å². The van der Waals surface area contributed by atoms with E-state index in [0.717, 1.165) is 22.3 Å². The lowest BCUT2D eigenvalue weighted by molar-refractivity contribution is -0.136. The number of para-hydroxylation sites is 1. The molecule has 5 aromatic rings. The Morgan fingerprint density at radius 2 is 1.62 bits per heavy atom. The van der Waals surface area contributed by atoms with E-state index in [9.17, 15) is 33.6 Å². The number of nitrogens with one attached hydrogen (secondary N) is 3. The average molecular weight is 820 g/mol. The van der Waals surface area contributed by atoms with Gasteiger partial charge in [-0.3, -0.25) is 53.7 Å². The van der Waals surface area contributed by atoms with Crippen LogP contribution in [-0.4, -0.2) is 85.4 Å². The second kappa shape index (κ2) is 15.0. The highest BCUT2D eigenvalue weighted by Gasteiger charge is 2.59. The number of anilines is 3. The summed E-state index contributed by atoms with van der Waals surface area (Å²) < 4.78 is 7.50. The molecule has 1 saturated carbocycles. The zero-order chi connectivity index (χ0) is 41.9. The lowest BCUT2D eigenvalue weighted by Gasteiger charge is -2.27. The number of carbonyl (C=O) groups excluding carboxylic acids is 7. The molecule has 2 unspecified atom stereocenters. The van der Waals surface area contributed by atoms with Crippen LogP contribution in [0, 0.1) is 23.7 Å². The Morgan fingerprint density at radius 1 is 0.869 bits per heavy atom. The van der Waals surface area contributed by atoms with Crippen LogP contribution in [0.3, 0.4) is 0 Å². The second-order valence-electron chi connectivity index (χ2n) is 15.7. The summed E-state index contributed by atoms with van der Waals surface area (Å²) in [4.78, 5) is 97.2. The van der Waals surface area contributed by atoms with E-state index in [1.165, 1.54) is 11.0 Å². The lowest BCUT2D eigenvalue weighted by atomic mass is 9.85. The van der Waals surface area contributed by atoms with E-state index in [4.69, 9.17) is 4.74 Å². The van der Waals surface area contributed by atoms with E-state index < -0.39 is 29.7 Å². The Morgan fingerprint density at radius 3 is 2.39 bits per heavy atom. The highest BCUT2D eigenvalue weighted by Crippen LogP contribution is 2.53. The fourth-order valence-corrected chi connectivity index (χ4v) is 9.34. The van der Waals surface area contributed by atoms with Gasteiger partial charge in [-0.15, -0.1) is 5.10 Å². The van der Waals surface area contributed by atoms with Crippen molar-refractivity contribution in [2.45, 2.75) is 38.5 Å². The first-order chi connectivity index (χ1) is 29.6. The van der Waals surface area contributed by atoms with Crippen LogP contribution in [0.5, 0.6) is 0 Å². The molecule has 306 valence electrons. The van der Waals surface area contributed by atoms with Gasteiger partial charge in [0.15, 0.2) is 0 Å². The fraction of sp³-hybridized carbons (Fsp3) is 0.273. The number of imide groups is 3. The van der Waals surface area contributed by atoms with Crippen molar-refractivity contribution >= 4 is 69.3 Å². The molecule has 3 fully saturated rings. The first kappa shape index (κ1) is 37.8. The van der Waals surface area contributed by atoms with Crippen molar-refractivity contribution < 1.29 is 38.3 Å². The van der Waals surface area contributed by atoms with Crippen LogP contribution < -0.4 is 20.9 Å². The molecule has 2 saturated heterocycles. The van der Waals surface area contributed by atoms with Crippen LogP contribution >= 0.6 is 0 Å². The molecule has 2 bridgehead atoms. The van der Waals surface area contributed by atoms with Gasteiger partial charge in [0.2, 0.25) is 23.6 Å². The van der Waals surface area contributed by atoms with Gasteiger partial charge >= 0.3 is 0 Å². The SMILES string of the molecule is O=C1CCC(N2C(=O)c3cccc(NCCOCc4cn(Cc5ccnc6c(NC(=O)c7ccc(N8C(=O)[C@@H]9[C@H](C8=O)C8C=C[C@H]9C8)cc7)cccc56)nn4)c3C2=O)C(=O)N1. The fourth-order valence-electron chi connectivity index (χ4n) is 9.34. The number of allylic oxidation sites excluding steroid dienone is 2. The number of carbonyl (C=O) groups is 7. The summed E-state index contributed by atoms with van der Waals surface area (Å²) in [5.41, 5.74) is 4.19. The standard InChI is InChI=1S/C44H37N9O8/c54-34-14-13-33(40(56)48-34)53-41(57)30-4-2-5-31(37(30)44(53)60)45-17-18-61-22-27-21-51(50-49-27)20-26-15-16-46-38-29(26)3-1-6-32(38)47-39(55)23-9-11-28(12-10-23)52-42(58)35-24-7-8-25(19-24)36(35)43(52)59/h1-12,15-16,21,24-25,33,35-36,45H,13-14,17-20,22H2,(H,47,55)(H,48,54,56)/t24-,25?,33?,35-,36+/m0/s1. The van der Waals surface area contributed by atoms with E-state index in [1.54, 1.807) is 59.5 Å². The van der Waals surface area contributed by atoms with Crippen LogP contribution in [0.1, 0.15) is 61.6 Å². The monoisotopic (exact) mass is 819 g/mol. The molecule has 17 heteroatoms. The van der Waals surface area contributed by atoms with Gasteiger partial charge < -0.3 is 15.4 Å². The predicted molar refractivity (Wildman–Crippen MR) is 217 cm³/mol. The van der Waals surface area contributed by atoms with Gasteiger partial charge in [-0.2, -0.15) is 0 Å². The zero-order valence-corrected chi connectivity index (χ0v) is 32.4. The van der Waals surface area contributed by atoms with Gasteiger partial charge in [0.1, 0.15) is 11.7 Å². The molecule has 0 spiro atoms. The van der Waals surface area contributed by atoms with Crippen LogP contribution in [0.4, 0.5) is 17.1 Å². The molecule has 2 aromatic heterocycles. The first-order valence-electron chi connectivity index (χ1n) is 20.0. The summed E-state index contributed by atoms with van der Waals surface area (Å²) in [5.74, 6) is -3.34. The Balaban J connectivity index is 0.737. The second-order valence-corrected chi connectivity index (χ2v) is 15.7. The summed E-state index contributed by atoms with van der Waals surface area (Å²) in [6.07, 6.45) is 8.52. The number of nitrogens with zero attached hydrogens (tertiary/aromatic N) is 6. The molecule has 5 atom stereocenters. The minimum atomic E-state index is -1.05. The Bertz CT molecular complexity index is 2720. The maximum Gasteiger partial charge on any atom is 0.264 e. The average Bonchev–Trinajstić information content (AvgIpc) is 4.09. The van der Waals surface area contributed by atoms with Crippen LogP contribution in [0.15, 0.2) is 91.3 Å². The van der Waals surface area contributed by atoms with E-state index in [1.807, 2.05) is 18.2 Å². The molecule has 3 aliphatic heterocycles.